The van der Waals surface area contributed by atoms with Gasteiger partial charge in [0.1, 0.15) is 0 Å². The van der Waals surface area contributed by atoms with Crippen LogP contribution in [-0.4, -0.2) is 53.2 Å². The Morgan fingerprint density at radius 2 is 1.56 bits per heavy atom. The number of piperazine rings is 1. The van der Waals surface area contributed by atoms with Gasteiger partial charge in [-0.3, -0.25) is 0 Å². The number of anilines is 2. The maximum Gasteiger partial charge on any atom is 0.228 e. The average molecular weight is 336 g/mol. The van der Waals surface area contributed by atoms with Gasteiger partial charge in [-0.2, -0.15) is 4.98 Å². The number of aryl methyl sites for hydroxylation is 1. The molecule has 3 aromatic rings. The molecule has 0 N–H and O–H groups in total. The zero-order chi connectivity index (χ0) is 17.2. The molecule has 0 aliphatic carbocycles. The van der Waals surface area contributed by atoms with Crippen molar-refractivity contribution in [3.63, 3.8) is 0 Å². The highest BCUT2D eigenvalue weighted by atomic mass is 16.5. The van der Waals surface area contributed by atoms with Crippen molar-refractivity contribution in [2.75, 3.05) is 43.1 Å². The van der Waals surface area contributed by atoms with Gasteiger partial charge in [0.15, 0.2) is 5.82 Å². The van der Waals surface area contributed by atoms with Crippen LogP contribution in [0.1, 0.15) is 5.69 Å². The second-order valence-electron chi connectivity index (χ2n) is 5.99. The molecule has 7 heteroatoms. The van der Waals surface area contributed by atoms with Crippen molar-refractivity contribution in [2.24, 2.45) is 0 Å². The number of benzene rings is 1. The smallest absolute Gasteiger partial charge is 0.228 e. The Balaban J connectivity index is 1.52. The van der Waals surface area contributed by atoms with E-state index in [2.05, 4.69) is 19.8 Å². The fourth-order valence-corrected chi connectivity index (χ4v) is 3.10. The molecule has 0 unspecified atom stereocenters. The van der Waals surface area contributed by atoms with Crippen LogP contribution in [0.2, 0.25) is 0 Å². The highest BCUT2D eigenvalue weighted by Gasteiger charge is 2.22. The van der Waals surface area contributed by atoms with E-state index < -0.39 is 0 Å². The van der Waals surface area contributed by atoms with Crippen LogP contribution in [0.15, 0.2) is 36.5 Å². The highest BCUT2D eigenvalue weighted by Crippen LogP contribution is 2.22. The summed E-state index contributed by atoms with van der Waals surface area (Å²) in [6, 6.07) is 9.74. The van der Waals surface area contributed by atoms with Crippen molar-refractivity contribution >= 4 is 22.8 Å². The number of aromatic nitrogens is 4. The average Bonchev–Trinajstić information content (AvgIpc) is 2.67. The second kappa shape index (κ2) is 6.51. The van der Waals surface area contributed by atoms with Crippen LogP contribution < -0.4 is 14.5 Å². The van der Waals surface area contributed by atoms with Crippen molar-refractivity contribution in [1.29, 1.82) is 0 Å². The van der Waals surface area contributed by atoms with Crippen LogP contribution in [0, 0.1) is 6.92 Å². The molecule has 1 aliphatic rings. The summed E-state index contributed by atoms with van der Waals surface area (Å²) in [5.41, 5.74) is 2.83. The quantitative estimate of drug-likeness (QED) is 0.725. The predicted molar refractivity (Wildman–Crippen MR) is 97.3 cm³/mol. The van der Waals surface area contributed by atoms with Gasteiger partial charge in [0, 0.05) is 38.4 Å². The van der Waals surface area contributed by atoms with Crippen molar-refractivity contribution in [2.45, 2.75) is 6.92 Å². The zero-order valence-corrected chi connectivity index (χ0v) is 14.4. The lowest BCUT2D eigenvalue weighted by atomic mass is 10.2. The molecule has 0 bridgehead atoms. The predicted octanol–water partition coefficient (Wildman–Crippen LogP) is 2.06. The van der Waals surface area contributed by atoms with Gasteiger partial charge in [-0.15, -0.1) is 0 Å². The molecular weight excluding hydrogens is 316 g/mol. The zero-order valence-electron chi connectivity index (χ0n) is 14.4. The van der Waals surface area contributed by atoms with Gasteiger partial charge in [-0.25, -0.2) is 15.0 Å². The molecule has 4 rings (SSSR count). The van der Waals surface area contributed by atoms with E-state index in [4.69, 9.17) is 14.7 Å². The van der Waals surface area contributed by atoms with Gasteiger partial charge >= 0.3 is 0 Å². The monoisotopic (exact) mass is 336 g/mol. The van der Waals surface area contributed by atoms with E-state index in [1.165, 1.54) is 0 Å². The molecule has 3 heterocycles. The Hall–Kier alpha value is -2.96. The summed E-state index contributed by atoms with van der Waals surface area (Å²) in [6.45, 7) is 5.40. The van der Waals surface area contributed by atoms with E-state index in [9.17, 15) is 0 Å². The number of fused-ring (bicyclic) bond motifs is 1. The SMILES string of the molecule is COc1ccnc(N2CCN(c3nc4ccccc4nc3C)CC2)n1. The minimum absolute atomic E-state index is 0.587. The Morgan fingerprint density at radius 1 is 0.880 bits per heavy atom. The number of hydrogen-bond donors (Lipinski definition) is 0. The summed E-state index contributed by atoms with van der Waals surface area (Å²) in [7, 11) is 1.62. The molecule has 1 saturated heterocycles. The van der Waals surface area contributed by atoms with Gasteiger partial charge in [0.2, 0.25) is 11.8 Å². The van der Waals surface area contributed by atoms with Gasteiger partial charge in [-0.05, 0) is 19.1 Å². The third-order valence-electron chi connectivity index (χ3n) is 4.41. The van der Waals surface area contributed by atoms with Crippen LogP contribution in [-0.2, 0) is 0 Å². The van der Waals surface area contributed by atoms with E-state index in [0.717, 1.165) is 48.7 Å². The first-order valence-corrected chi connectivity index (χ1v) is 8.35. The second-order valence-corrected chi connectivity index (χ2v) is 5.99. The van der Waals surface area contributed by atoms with E-state index in [0.29, 0.717) is 11.8 Å². The van der Waals surface area contributed by atoms with Crippen LogP contribution in [0.4, 0.5) is 11.8 Å². The molecule has 0 atom stereocenters. The Labute approximate surface area is 146 Å². The maximum absolute atomic E-state index is 5.19. The molecule has 7 nitrogen and oxygen atoms in total. The van der Waals surface area contributed by atoms with Crippen LogP contribution in [0.5, 0.6) is 5.88 Å². The van der Waals surface area contributed by atoms with Gasteiger partial charge in [-0.1, -0.05) is 12.1 Å². The first-order valence-electron chi connectivity index (χ1n) is 8.35. The summed E-state index contributed by atoms with van der Waals surface area (Å²) in [6.07, 6.45) is 1.73. The maximum atomic E-state index is 5.19. The van der Waals surface area contributed by atoms with E-state index in [1.807, 2.05) is 31.2 Å². The number of methoxy groups -OCH3 is 1. The number of para-hydroxylation sites is 2. The van der Waals surface area contributed by atoms with E-state index >= 15 is 0 Å². The Bertz CT molecular complexity index is 892. The molecule has 1 aliphatic heterocycles. The molecule has 0 amide bonds. The molecule has 25 heavy (non-hydrogen) atoms. The molecule has 0 radical (unpaired) electrons. The summed E-state index contributed by atoms with van der Waals surface area (Å²) < 4.78 is 5.19. The summed E-state index contributed by atoms with van der Waals surface area (Å²) >= 11 is 0. The summed E-state index contributed by atoms with van der Waals surface area (Å²) in [5.74, 6) is 2.26. The lowest BCUT2D eigenvalue weighted by molar-refractivity contribution is 0.396. The molecule has 1 fully saturated rings. The molecule has 128 valence electrons. The van der Waals surface area contributed by atoms with Gasteiger partial charge < -0.3 is 14.5 Å². The number of ether oxygens (including phenoxy) is 1. The van der Waals surface area contributed by atoms with E-state index in [-0.39, 0.29) is 0 Å². The third-order valence-corrected chi connectivity index (χ3v) is 4.41. The largest absolute Gasteiger partial charge is 0.481 e. The number of nitrogens with zero attached hydrogens (tertiary/aromatic N) is 6. The molecule has 1 aromatic carbocycles. The molecule has 0 saturated carbocycles. The van der Waals surface area contributed by atoms with Crippen LogP contribution >= 0.6 is 0 Å². The lowest BCUT2D eigenvalue weighted by Crippen LogP contribution is -2.47. The van der Waals surface area contributed by atoms with Gasteiger partial charge in [0.05, 0.1) is 23.8 Å². The first kappa shape index (κ1) is 15.6. The Kier molecular flexibility index (Phi) is 4.05. The van der Waals surface area contributed by atoms with Crippen LogP contribution in [0.25, 0.3) is 11.0 Å². The first-order chi connectivity index (χ1) is 12.2. The highest BCUT2D eigenvalue weighted by molar-refractivity contribution is 5.76. The van der Waals surface area contributed by atoms with E-state index in [1.54, 1.807) is 19.4 Å². The number of hydrogen-bond acceptors (Lipinski definition) is 7. The topological polar surface area (TPSA) is 67.3 Å². The molecule has 0 spiro atoms. The van der Waals surface area contributed by atoms with Crippen molar-refractivity contribution in [1.82, 2.24) is 19.9 Å². The number of rotatable bonds is 3. The summed E-state index contributed by atoms with van der Waals surface area (Å²) in [4.78, 5) is 22.7. The fourth-order valence-electron chi connectivity index (χ4n) is 3.10. The van der Waals surface area contributed by atoms with Crippen molar-refractivity contribution < 1.29 is 4.74 Å². The van der Waals surface area contributed by atoms with Gasteiger partial charge in [0.25, 0.3) is 0 Å². The minimum Gasteiger partial charge on any atom is -0.481 e. The van der Waals surface area contributed by atoms with Crippen molar-refractivity contribution in [3.8, 4) is 5.88 Å². The van der Waals surface area contributed by atoms with Crippen LogP contribution in [0.3, 0.4) is 0 Å². The normalized spacial score (nSPS) is 14.8. The summed E-state index contributed by atoms with van der Waals surface area (Å²) in [5, 5.41) is 0. The lowest BCUT2D eigenvalue weighted by Gasteiger charge is -2.35. The molecular formula is C18H20N6O. The Morgan fingerprint density at radius 3 is 2.28 bits per heavy atom. The fraction of sp³-hybridized carbons (Fsp3) is 0.333. The molecule has 2 aromatic heterocycles. The minimum atomic E-state index is 0.587. The standard InChI is InChI=1S/C18H20N6O/c1-13-17(21-15-6-4-3-5-14(15)20-13)23-9-11-24(12-10-23)18-19-8-7-16(22-18)25-2/h3-8H,9-12H2,1-2H3. The third kappa shape index (κ3) is 3.05. The van der Waals surface area contributed by atoms with Crippen molar-refractivity contribution in [3.05, 3.63) is 42.2 Å².